The highest BCUT2D eigenvalue weighted by Gasteiger charge is 2.23. The van der Waals surface area contributed by atoms with Gasteiger partial charge in [-0.1, -0.05) is 0 Å². The van der Waals surface area contributed by atoms with Crippen molar-refractivity contribution in [2.75, 3.05) is 18.0 Å². The Morgan fingerprint density at radius 1 is 1.53 bits per heavy atom. The van der Waals surface area contributed by atoms with Crippen molar-refractivity contribution >= 4 is 22.8 Å². The van der Waals surface area contributed by atoms with Gasteiger partial charge in [0.05, 0.1) is 5.52 Å². The largest absolute Gasteiger partial charge is 0.357 e. The maximum atomic E-state index is 11.2. The van der Waals surface area contributed by atoms with Crippen LogP contribution in [0.25, 0.3) is 11.0 Å². The molecule has 3 rings (SSSR count). The van der Waals surface area contributed by atoms with Gasteiger partial charge in [-0.15, -0.1) is 0 Å². The fourth-order valence-corrected chi connectivity index (χ4v) is 2.67. The minimum atomic E-state index is 0.0274. The van der Waals surface area contributed by atoms with E-state index in [0.717, 1.165) is 42.8 Å². The first-order valence-corrected chi connectivity index (χ1v) is 6.54. The summed E-state index contributed by atoms with van der Waals surface area (Å²) in [5.41, 5.74) is 1.89. The smallest absolute Gasteiger partial charge is 0.217 e. The van der Waals surface area contributed by atoms with Gasteiger partial charge in [0.25, 0.3) is 0 Å². The van der Waals surface area contributed by atoms with E-state index in [1.807, 2.05) is 12.3 Å². The molecule has 0 aromatic carbocycles. The van der Waals surface area contributed by atoms with Crippen LogP contribution in [0.5, 0.6) is 0 Å². The average molecular weight is 259 g/mol. The van der Waals surface area contributed by atoms with Crippen LogP contribution < -0.4 is 10.2 Å². The third kappa shape index (κ3) is 2.38. The molecule has 0 spiro atoms. The molecule has 100 valence electrons. The molecule has 6 nitrogen and oxygen atoms in total. The molecule has 0 aliphatic carbocycles. The summed E-state index contributed by atoms with van der Waals surface area (Å²) in [4.78, 5) is 25.2. The molecular weight excluding hydrogens is 242 g/mol. The SMILES string of the molecule is CC(=O)NC1CCCN(c2ncnc3cc[nH]c23)C1. The lowest BCUT2D eigenvalue weighted by Gasteiger charge is -2.33. The van der Waals surface area contributed by atoms with Gasteiger partial charge in [0, 0.05) is 32.3 Å². The number of nitrogens with one attached hydrogen (secondary N) is 2. The standard InChI is InChI=1S/C13H17N5O/c1-9(19)17-10-3-2-6-18(7-10)13-12-11(4-5-14-12)15-8-16-13/h4-5,8,10,14H,2-3,6-7H2,1H3,(H,17,19). The van der Waals surface area contributed by atoms with Crippen molar-refractivity contribution in [1.29, 1.82) is 0 Å². The Hall–Kier alpha value is -2.11. The van der Waals surface area contributed by atoms with Crippen LogP contribution in [0.4, 0.5) is 5.82 Å². The molecule has 0 saturated carbocycles. The lowest BCUT2D eigenvalue weighted by atomic mass is 10.1. The summed E-state index contributed by atoms with van der Waals surface area (Å²) >= 11 is 0. The quantitative estimate of drug-likeness (QED) is 0.846. The zero-order chi connectivity index (χ0) is 13.2. The van der Waals surface area contributed by atoms with E-state index in [2.05, 4.69) is 25.2 Å². The summed E-state index contributed by atoms with van der Waals surface area (Å²) in [6.07, 6.45) is 5.54. The lowest BCUT2D eigenvalue weighted by Crippen LogP contribution is -2.47. The first kappa shape index (κ1) is 12.0. The summed E-state index contributed by atoms with van der Waals surface area (Å²) in [5.74, 6) is 0.949. The molecule has 1 amide bonds. The fraction of sp³-hybridized carbons (Fsp3) is 0.462. The maximum absolute atomic E-state index is 11.2. The predicted octanol–water partition coefficient (Wildman–Crippen LogP) is 1.06. The van der Waals surface area contributed by atoms with Crippen molar-refractivity contribution in [3.05, 3.63) is 18.6 Å². The topological polar surface area (TPSA) is 73.9 Å². The van der Waals surface area contributed by atoms with Crippen molar-refractivity contribution in [2.45, 2.75) is 25.8 Å². The number of H-pyrrole nitrogens is 1. The number of nitrogens with zero attached hydrogens (tertiary/aromatic N) is 3. The van der Waals surface area contributed by atoms with Gasteiger partial charge in [-0.3, -0.25) is 4.79 Å². The van der Waals surface area contributed by atoms with E-state index < -0.39 is 0 Å². The number of carbonyl (C=O) groups is 1. The molecule has 1 saturated heterocycles. The summed E-state index contributed by atoms with van der Waals surface area (Å²) in [6.45, 7) is 3.32. The van der Waals surface area contributed by atoms with Crippen LogP contribution >= 0.6 is 0 Å². The number of amides is 1. The minimum Gasteiger partial charge on any atom is -0.357 e. The number of rotatable bonds is 2. The van der Waals surface area contributed by atoms with E-state index in [9.17, 15) is 4.79 Å². The molecule has 1 atom stereocenters. The third-order valence-corrected chi connectivity index (χ3v) is 3.45. The van der Waals surface area contributed by atoms with E-state index in [1.54, 1.807) is 13.3 Å². The van der Waals surface area contributed by atoms with Crippen LogP contribution in [-0.4, -0.2) is 40.0 Å². The first-order chi connectivity index (χ1) is 9.24. The number of fused-ring (bicyclic) bond motifs is 1. The molecule has 2 aromatic rings. The summed E-state index contributed by atoms with van der Waals surface area (Å²) in [6, 6.07) is 2.14. The number of piperidine rings is 1. The zero-order valence-electron chi connectivity index (χ0n) is 10.9. The van der Waals surface area contributed by atoms with Gasteiger partial charge < -0.3 is 15.2 Å². The van der Waals surface area contributed by atoms with Crippen molar-refractivity contribution in [2.24, 2.45) is 0 Å². The summed E-state index contributed by atoms with van der Waals surface area (Å²) < 4.78 is 0. The van der Waals surface area contributed by atoms with E-state index >= 15 is 0 Å². The fourth-order valence-electron chi connectivity index (χ4n) is 2.67. The Morgan fingerprint density at radius 3 is 3.26 bits per heavy atom. The molecule has 2 N–H and O–H groups in total. The minimum absolute atomic E-state index is 0.0274. The number of aromatic amines is 1. The molecule has 1 aliphatic rings. The van der Waals surface area contributed by atoms with Gasteiger partial charge in [-0.2, -0.15) is 0 Å². The van der Waals surface area contributed by atoms with Crippen molar-refractivity contribution in [1.82, 2.24) is 20.3 Å². The summed E-state index contributed by atoms with van der Waals surface area (Å²) in [5, 5.41) is 2.99. The van der Waals surface area contributed by atoms with Crippen LogP contribution in [0.2, 0.25) is 0 Å². The van der Waals surface area contributed by atoms with Gasteiger partial charge >= 0.3 is 0 Å². The lowest BCUT2D eigenvalue weighted by molar-refractivity contribution is -0.119. The van der Waals surface area contributed by atoms with E-state index in [-0.39, 0.29) is 11.9 Å². The van der Waals surface area contributed by atoms with Crippen molar-refractivity contribution in [3.63, 3.8) is 0 Å². The van der Waals surface area contributed by atoms with E-state index in [1.165, 1.54) is 0 Å². The second kappa shape index (κ2) is 4.87. The van der Waals surface area contributed by atoms with Crippen LogP contribution in [0, 0.1) is 0 Å². The highest BCUT2D eigenvalue weighted by molar-refractivity contribution is 5.86. The molecule has 6 heteroatoms. The molecule has 1 unspecified atom stereocenters. The molecule has 2 aromatic heterocycles. The Balaban J connectivity index is 1.85. The second-order valence-corrected chi connectivity index (χ2v) is 4.92. The third-order valence-electron chi connectivity index (χ3n) is 3.45. The van der Waals surface area contributed by atoms with Gasteiger partial charge in [-0.25, -0.2) is 9.97 Å². The highest BCUT2D eigenvalue weighted by Crippen LogP contribution is 2.24. The van der Waals surface area contributed by atoms with Crippen LogP contribution in [0.15, 0.2) is 18.6 Å². The molecule has 1 fully saturated rings. The zero-order valence-corrected chi connectivity index (χ0v) is 10.9. The molecule has 0 bridgehead atoms. The Labute approximate surface area is 111 Å². The Kier molecular flexibility index (Phi) is 3.06. The highest BCUT2D eigenvalue weighted by atomic mass is 16.1. The van der Waals surface area contributed by atoms with Crippen LogP contribution in [0.3, 0.4) is 0 Å². The molecule has 1 aliphatic heterocycles. The number of hydrogen-bond donors (Lipinski definition) is 2. The molecular formula is C13H17N5O. The Bertz CT molecular complexity index is 593. The first-order valence-electron chi connectivity index (χ1n) is 6.54. The van der Waals surface area contributed by atoms with Gasteiger partial charge in [-0.05, 0) is 18.9 Å². The number of carbonyl (C=O) groups excluding carboxylic acids is 1. The number of anilines is 1. The van der Waals surface area contributed by atoms with Crippen molar-refractivity contribution < 1.29 is 4.79 Å². The Morgan fingerprint density at radius 2 is 2.42 bits per heavy atom. The van der Waals surface area contributed by atoms with Gasteiger partial charge in [0.1, 0.15) is 11.8 Å². The van der Waals surface area contributed by atoms with Gasteiger partial charge in [0.2, 0.25) is 5.91 Å². The maximum Gasteiger partial charge on any atom is 0.217 e. The van der Waals surface area contributed by atoms with E-state index in [0.29, 0.717) is 0 Å². The van der Waals surface area contributed by atoms with Crippen LogP contribution in [-0.2, 0) is 4.79 Å². The monoisotopic (exact) mass is 259 g/mol. The molecule has 19 heavy (non-hydrogen) atoms. The normalized spacial score (nSPS) is 19.6. The predicted molar refractivity (Wildman–Crippen MR) is 72.9 cm³/mol. The molecule has 0 radical (unpaired) electrons. The molecule has 3 heterocycles. The number of aromatic nitrogens is 3. The van der Waals surface area contributed by atoms with Crippen molar-refractivity contribution in [3.8, 4) is 0 Å². The van der Waals surface area contributed by atoms with E-state index in [4.69, 9.17) is 0 Å². The average Bonchev–Trinajstić information content (AvgIpc) is 2.86. The second-order valence-electron chi connectivity index (χ2n) is 4.92. The number of hydrogen-bond acceptors (Lipinski definition) is 4. The van der Waals surface area contributed by atoms with Crippen LogP contribution in [0.1, 0.15) is 19.8 Å². The summed E-state index contributed by atoms with van der Waals surface area (Å²) in [7, 11) is 0. The van der Waals surface area contributed by atoms with Gasteiger partial charge in [0.15, 0.2) is 5.82 Å².